The van der Waals surface area contributed by atoms with Crippen LogP contribution in [0.5, 0.6) is 0 Å². The third-order valence-corrected chi connectivity index (χ3v) is 5.40. The van der Waals surface area contributed by atoms with E-state index in [1.807, 2.05) is 6.07 Å². The number of nitrogens with two attached hydrogens (primary N) is 1. The van der Waals surface area contributed by atoms with E-state index in [4.69, 9.17) is 21.3 Å². The molecule has 1 fully saturated rings. The van der Waals surface area contributed by atoms with Gasteiger partial charge in [0.2, 0.25) is 5.60 Å². The topological polar surface area (TPSA) is 194 Å². The summed E-state index contributed by atoms with van der Waals surface area (Å²) in [6.45, 7) is 7.63. The molecular weight excluding hydrogens is 460 g/mol. The fourth-order valence-electron chi connectivity index (χ4n) is 3.74. The molecule has 1 amide bonds. The summed E-state index contributed by atoms with van der Waals surface area (Å²) in [4.78, 5) is 29.1. The average molecular weight is 492 g/mol. The van der Waals surface area contributed by atoms with E-state index in [1.165, 1.54) is 6.07 Å². The number of nitrogens with one attached hydrogen (secondary N) is 1. The lowest BCUT2D eigenvalue weighted by molar-refractivity contribution is -0.160. The second kappa shape index (κ2) is 9.65. The summed E-state index contributed by atoms with van der Waals surface area (Å²) in [5.74, 6) is -1.39. The van der Waals surface area contributed by atoms with Gasteiger partial charge in [0.25, 0.3) is 0 Å². The van der Waals surface area contributed by atoms with E-state index in [9.17, 15) is 25.1 Å². The predicted molar refractivity (Wildman–Crippen MR) is 121 cm³/mol. The van der Waals surface area contributed by atoms with Gasteiger partial charge in [-0.2, -0.15) is 10.4 Å². The number of aromatic nitrogens is 3. The Bertz CT molecular complexity index is 1190. The zero-order valence-corrected chi connectivity index (χ0v) is 20.1. The Balaban J connectivity index is 1.93. The number of esters is 1. The number of nitriles is 1. The Morgan fingerprint density at radius 3 is 2.74 bits per heavy atom. The van der Waals surface area contributed by atoms with E-state index in [1.54, 1.807) is 34.6 Å². The van der Waals surface area contributed by atoms with Crippen molar-refractivity contribution in [3.05, 3.63) is 24.1 Å². The monoisotopic (exact) mass is 491 g/mol. The summed E-state index contributed by atoms with van der Waals surface area (Å²) in [7, 11) is 0. The molecule has 13 heteroatoms. The Morgan fingerprint density at radius 2 is 2.17 bits per heavy atom. The fourth-order valence-corrected chi connectivity index (χ4v) is 3.74. The summed E-state index contributed by atoms with van der Waals surface area (Å²) < 4.78 is 25.8. The van der Waals surface area contributed by atoms with Gasteiger partial charge in [-0.25, -0.2) is 19.1 Å². The number of rotatable bonds is 6. The number of ether oxygens (including phenoxy) is 3. The molecule has 0 saturated carbocycles. The number of nitrogens with zero attached hydrogens (tertiary/aromatic N) is 4. The van der Waals surface area contributed by atoms with Crippen molar-refractivity contribution < 1.29 is 35.4 Å². The first kappa shape index (κ1) is 24.6. The lowest BCUT2D eigenvalue weighted by Gasteiger charge is -2.28. The Labute approximate surface area is 203 Å². The van der Waals surface area contributed by atoms with E-state index < -0.39 is 60.1 Å². The molecule has 0 aliphatic carbocycles. The van der Waals surface area contributed by atoms with Gasteiger partial charge in [0, 0.05) is 0 Å². The van der Waals surface area contributed by atoms with E-state index in [2.05, 4.69) is 15.4 Å². The number of hydrogen-bond acceptors (Lipinski definition) is 11. The highest BCUT2D eigenvalue weighted by Crippen LogP contribution is 2.41. The van der Waals surface area contributed by atoms with Gasteiger partial charge in [0.05, 0.1) is 13.7 Å². The van der Waals surface area contributed by atoms with Gasteiger partial charge in [0.1, 0.15) is 41.8 Å². The molecule has 1 saturated heterocycles. The maximum Gasteiger partial charge on any atom is 0.408 e. The van der Waals surface area contributed by atoms with Crippen LogP contribution in [0.2, 0.25) is 0 Å². The van der Waals surface area contributed by atoms with Crippen molar-refractivity contribution in [1.82, 2.24) is 19.9 Å². The zero-order valence-electron chi connectivity index (χ0n) is 21.1. The van der Waals surface area contributed by atoms with Crippen molar-refractivity contribution in [2.24, 2.45) is 5.92 Å². The first-order valence-corrected chi connectivity index (χ1v) is 10.9. The van der Waals surface area contributed by atoms with E-state index in [0.717, 1.165) is 10.8 Å². The number of anilines is 1. The first-order valence-electron chi connectivity index (χ1n) is 11.4. The second-order valence-electron chi connectivity index (χ2n) is 9.48. The molecule has 0 bridgehead atoms. The van der Waals surface area contributed by atoms with Gasteiger partial charge >= 0.3 is 12.1 Å². The summed E-state index contributed by atoms with van der Waals surface area (Å²) >= 11 is 0. The largest absolute Gasteiger partial charge is 0.455 e. The third-order valence-electron chi connectivity index (χ3n) is 5.40. The van der Waals surface area contributed by atoms with Gasteiger partial charge in [-0.15, -0.1) is 0 Å². The highest BCUT2D eigenvalue weighted by Gasteiger charge is 2.59. The molecule has 5 N–H and O–H groups in total. The minimum Gasteiger partial charge on any atom is -0.455 e. The summed E-state index contributed by atoms with van der Waals surface area (Å²) in [6, 6.07) is 1.81. The van der Waals surface area contributed by atoms with Crippen molar-refractivity contribution in [3.8, 4) is 6.07 Å². The van der Waals surface area contributed by atoms with Crippen LogP contribution in [0.1, 0.15) is 41.7 Å². The molecule has 3 heterocycles. The van der Waals surface area contributed by atoms with E-state index in [0.29, 0.717) is 0 Å². The van der Waals surface area contributed by atoms with Crippen LogP contribution < -0.4 is 11.1 Å². The van der Waals surface area contributed by atoms with Crippen molar-refractivity contribution in [3.63, 3.8) is 0 Å². The number of aliphatic hydroxyl groups excluding tert-OH is 2. The quantitative estimate of drug-likeness (QED) is 0.404. The molecule has 0 unspecified atom stereocenters. The second-order valence-corrected chi connectivity index (χ2v) is 9.48. The van der Waals surface area contributed by atoms with Gasteiger partial charge in [-0.05, 0) is 38.8 Å². The summed E-state index contributed by atoms with van der Waals surface area (Å²) in [5.41, 5.74) is 2.89. The SMILES string of the molecule is [2H]c1cc([C@]2(C#N)O[C@H](CO)[C@@H](OC(=O)[C@@H](NC(=O)OC(C)(C)C)C(C)C)[C@H]2O)n2ncnc(N)c12. The fraction of sp³-hybridized carbons (Fsp3) is 0.591. The summed E-state index contributed by atoms with van der Waals surface area (Å²) in [5, 5.41) is 37.7. The van der Waals surface area contributed by atoms with Gasteiger partial charge in [0.15, 0.2) is 11.9 Å². The minimum atomic E-state index is -2.17. The number of hydrogen-bond donors (Lipinski definition) is 4. The molecule has 1 aliphatic heterocycles. The molecule has 2 aromatic heterocycles. The van der Waals surface area contributed by atoms with Crippen LogP contribution in [0, 0.1) is 17.2 Å². The number of aliphatic hydroxyl groups is 2. The van der Waals surface area contributed by atoms with Crippen molar-refractivity contribution >= 4 is 23.4 Å². The normalized spacial score (nSPS) is 25.7. The predicted octanol–water partition coefficient (Wildman–Crippen LogP) is 0.243. The Morgan fingerprint density at radius 1 is 1.49 bits per heavy atom. The number of fused-ring (bicyclic) bond motifs is 1. The Hall–Kier alpha value is -3.47. The average Bonchev–Trinajstić information content (AvgIpc) is 3.26. The highest BCUT2D eigenvalue weighted by atomic mass is 16.6. The van der Waals surface area contributed by atoms with E-state index >= 15 is 0 Å². The van der Waals surface area contributed by atoms with Crippen molar-refractivity contribution in [1.29, 1.82) is 5.26 Å². The molecule has 35 heavy (non-hydrogen) atoms. The Kier molecular flexibility index (Phi) is 6.79. The van der Waals surface area contributed by atoms with Crippen LogP contribution in [0.25, 0.3) is 5.52 Å². The van der Waals surface area contributed by atoms with Gasteiger partial charge < -0.3 is 35.5 Å². The molecule has 1 aliphatic rings. The smallest absolute Gasteiger partial charge is 0.408 e. The molecule has 190 valence electrons. The number of carbonyl (C=O) groups excluding carboxylic acids is 2. The summed E-state index contributed by atoms with van der Waals surface area (Å²) in [6.07, 6.45) is -4.34. The number of alkyl carbamates (subject to hydrolysis) is 1. The van der Waals surface area contributed by atoms with Crippen molar-refractivity contribution in [2.75, 3.05) is 12.3 Å². The molecule has 2 aromatic rings. The van der Waals surface area contributed by atoms with Crippen LogP contribution in [0.15, 0.2) is 18.4 Å². The first-order chi connectivity index (χ1) is 16.8. The van der Waals surface area contributed by atoms with E-state index in [-0.39, 0.29) is 23.1 Å². The number of carbonyl (C=O) groups is 2. The van der Waals surface area contributed by atoms with Gasteiger partial charge in [-0.1, -0.05) is 13.8 Å². The maximum absolute atomic E-state index is 13.0. The lowest BCUT2D eigenvalue weighted by atomic mass is 9.92. The molecule has 0 spiro atoms. The molecule has 5 atom stereocenters. The molecular formula is C22H30N6O7. The lowest BCUT2D eigenvalue weighted by Crippen LogP contribution is -2.50. The van der Waals surface area contributed by atoms with Crippen LogP contribution in [-0.4, -0.2) is 73.4 Å². The third kappa shape index (κ3) is 5.00. The maximum atomic E-state index is 13.0. The zero-order chi connectivity index (χ0) is 27.0. The standard InChI is InChI=1S/C22H30N6O7/c1-11(2)15(27-20(32)35-21(3,4)5)19(31)33-16-13(8-29)34-22(9-23,17(16)30)14-7-6-12-18(24)25-10-26-28(12)14/h6-7,10-11,13,15-17,29-30H,8H2,1-5H3,(H,27,32)(H2,24,25,26)/t13-,15+,16-,17-,22+/m1/s1/i6D. The molecule has 3 rings (SSSR count). The van der Waals surface area contributed by atoms with Crippen molar-refractivity contribution in [2.45, 2.75) is 70.2 Å². The number of nitrogen functional groups attached to an aromatic ring is 1. The molecule has 0 radical (unpaired) electrons. The van der Waals surface area contributed by atoms with Gasteiger partial charge in [-0.3, -0.25) is 0 Å². The number of amides is 1. The van der Waals surface area contributed by atoms with Crippen LogP contribution in [0.4, 0.5) is 10.6 Å². The molecule has 13 nitrogen and oxygen atoms in total. The molecule has 0 aromatic carbocycles. The van der Waals surface area contributed by atoms with Crippen LogP contribution in [0.3, 0.4) is 0 Å². The highest BCUT2D eigenvalue weighted by molar-refractivity contribution is 5.82. The minimum absolute atomic E-state index is 0.0310. The van der Waals surface area contributed by atoms with Crippen LogP contribution in [-0.2, 0) is 24.6 Å². The van der Waals surface area contributed by atoms with Crippen LogP contribution >= 0.6 is 0 Å².